The molecule has 0 saturated carbocycles. The Morgan fingerprint density at radius 3 is 1.68 bits per heavy atom. The molecule has 0 bridgehead atoms. The van der Waals surface area contributed by atoms with Crippen molar-refractivity contribution in [3.63, 3.8) is 0 Å². The van der Waals surface area contributed by atoms with E-state index in [4.69, 9.17) is 5.11 Å². The lowest BCUT2D eigenvalue weighted by Crippen LogP contribution is -2.01. The molecule has 0 amide bonds. The van der Waals surface area contributed by atoms with Gasteiger partial charge in [0.2, 0.25) is 0 Å². The Morgan fingerprint density at radius 1 is 0.821 bits per heavy atom. The lowest BCUT2D eigenvalue weighted by atomic mass is 10.1. The average Bonchev–Trinajstić information content (AvgIpc) is 2.69. The van der Waals surface area contributed by atoms with Crippen LogP contribution in [0, 0.1) is 0 Å². The molecule has 0 aromatic carbocycles. The number of allylic oxidation sites excluding steroid dienone is 2. The van der Waals surface area contributed by atoms with Gasteiger partial charge in [0.25, 0.3) is 0 Å². The van der Waals surface area contributed by atoms with Crippen LogP contribution in [-0.4, -0.2) is 24.2 Å². The number of carbonyl (C=O) groups is 2. The molecule has 0 fully saturated rings. The van der Waals surface area contributed by atoms with E-state index in [1.807, 2.05) is 6.92 Å². The molecule has 0 aliphatic carbocycles. The summed E-state index contributed by atoms with van der Waals surface area (Å²) in [5.41, 5.74) is 0.521. The van der Waals surface area contributed by atoms with E-state index in [1.54, 1.807) is 0 Å². The molecule has 0 spiro atoms. The molecule has 0 atom stereocenters. The van der Waals surface area contributed by atoms with Gasteiger partial charge >= 0.3 is 11.9 Å². The van der Waals surface area contributed by atoms with Gasteiger partial charge in [0.1, 0.15) is 0 Å². The second kappa shape index (κ2) is 23.5. The molecule has 0 radical (unpaired) electrons. The first-order valence-corrected chi connectivity index (χ1v) is 11.1. The van der Waals surface area contributed by atoms with E-state index in [0.29, 0.717) is 18.4 Å². The summed E-state index contributed by atoms with van der Waals surface area (Å²) in [5, 5.41) is 8.51. The third-order valence-corrected chi connectivity index (χ3v) is 4.55. The van der Waals surface area contributed by atoms with Crippen LogP contribution in [0.5, 0.6) is 0 Å². The maximum absolute atomic E-state index is 10.4. The van der Waals surface area contributed by atoms with Crippen molar-refractivity contribution >= 4 is 11.9 Å². The lowest BCUT2D eigenvalue weighted by Gasteiger charge is -1.99. The summed E-state index contributed by atoms with van der Waals surface area (Å²) in [6.07, 6.45) is 21.9. The Morgan fingerprint density at radius 2 is 1.29 bits per heavy atom. The van der Waals surface area contributed by atoms with Crippen molar-refractivity contribution in [2.24, 2.45) is 0 Å². The number of carbonyl (C=O) groups excluding carboxylic acids is 1. The minimum atomic E-state index is -0.664. The van der Waals surface area contributed by atoms with Crippen LogP contribution in [0.4, 0.5) is 0 Å². The molecule has 0 rings (SSSR count). The van der Waals surface area contributed by atoms with Gasteiger partial charge in [-0.05, 0) is 38.5 Å². The summed E-state index contributed by atoms with van der Waals surface area (Å²) >= 11 is 0. The predicted molar refractivity (Wildman–Crippen MR) is 119 cm³/mol. The smallest absolute Gasteiger partial charge is 0.333 e. The number of esters is 1. The minimum absolute atomic E-state index is 0.312. The van der Waals surface area contributed by atoms with Gasteiger partial charge in [-0.15, -0.1) is 0 Å². The van der Waals surface area contributed by atoms with Crippen molar-refractivity contribution in [3.05, 3.63) is 24.3 Å². The lowest BCUT2D eigenvalue weighted by molar-refractivity contribution is -0.137. The fraction of sp³-hybridized carbons (Fsp3) is 0.750. The summed E-state index contributed by atoms with van der Waals surface area (Å²) in [4.78, 5) is 20.7. The second-order valence-electron chi connectivity index (χ2n) is 7.18. The molecular weight excluding hydrogens is 352 g/mol. The second-order valence-corrected chi connectivity index (χ2v) is 7.18. The molecule has 0 aliphatic heterocycles. The Bertz CT molecular complexity index is 399. The fourth-order valence-corrected chi connectivity index (χ4v) is 2.64. The van der Waals surface area contributed by atoms with Crippen molar-refractivity contribution in [2.45, 2.75) is 110 Å². The Hall–Kier alpha value is -1.58. The molecule has 0 aliphatic rings. The number of carboxylic acid groups (broad SMARTS) is 1. The first-order valence-electron chi connectivity index (χ1n) is 11.1. The summed E-state index contributed by atoms with van der Waals surface area (Å²) < 4.78 is 4.36. The van der Waals surface area contributed by atoms with Crippen molar-refractivity contribution in [2.75, 3.05) is 7.11 Å². The van der Waals surface area contributed by atoms with Gasteiger partial charge in [0, 0.05) is 12.0 Å². The maximum Gasteiger partial charge on any atom is 0.333 e. The highest BCUT2D eigenvalue weighted by Gasteiger charge is 2.00. The largest absolute Gasteiger partial charge is 0.481 e. The first-order chi connectivity index (χ1) is 13.5. The van der Waals surface area contributed by atoms with Crippen LogP contribution in [0.25, 0.3) is 0 Å². The highest BCUT2D eigenvalue weighted by atomic mass is 16.5. The number of hydrogen-bond acceptors (Lipinski definition) is 3. The van der Waals surface area contributed by atoms with Crippen LogP contribution >= 0.6 is 0 Å². The van der Waals surface area contributed by atoms with E-state index in [2.05, 4.69) is 30.4 Å². The molecule has 0 unspecified atom stereocenters. The van der Waals surface area contributed by atoms with E-state index in [1.165, 1.54) is 77.7 Å². The molecular formula is C24H44O4. The number of unbranched alkanes of at least 4 members (excludes halogenated alkanes) is 11. The van der Waals surface area contributed by atoms with Crippen molar-refractivity contribution in [1.82, 2.24) is 0 Å². The molecule has 1 N–H and O–H groups in total. The fourth-order valence-electron chi connectivity index (χ4n) is 2.64. The van der Waals surface area contributed by atoms with E-state index in [-0.39, 0.29) is 5.97 Å². The van der Waals surface area contributed by atoms with Crippen LogP contribution < -0.4 is 0 Å². The van der Waals surface area contributed by atoms with E-state index >= 15 is 0 Å². The summed E-state index contributed by atoms with van der Waals surface area (Å²) in [5.74, 6) is -0.977. The number of aliphatic carboxylic acids is 1. The Balaban J connectivity index is 0. The topological polar surface area (TPSA) is 63.6 Å². The highest BCUT2D eigenvalue weighted by Crippen LogP contribution is 2.09. The van der Waals surface area contributed by atoms with Gasteiger partial charge in [0.15, 0.2) is 0 Å². The van der Waals surface area contributed by atoms with Crippen molar-refractivity contribution in [3.8, 4) is 0 Å². The van der Waals surface area contributed by atoms with E-state index in [9.17, 15) is 9.59 Å². The van der Waals surface area contributed by atoms with Gasteiger partial charge in [-0.25, -0.2) is 4.79 Å². The molecule has 0 aromatic heterocycles. The standard InChI is InChI=1S/C18H34O2.C6H10O2/c1-2-3-4-5-6-7-8-9-10-11-12-13-14-15-16-17-18(19)20;1-4-5(2)6(7)8-3/h9-10H,2-8,11-17H2,1H3,(H,19,20);2,4H2,1,3H3/b10-9-;. The molecule has 4 nitrogen and oxygen atoms in total. The van der Waals surface area contributed by atoms with Gasteiger partial charge in [0.05, 0.1) is 7.11 Å². The number of methoxy groups -OCH3 is 1. The first kappa shape index (κ1) is 28.6. The number of rotatable bonds is 17. The van der Waals surface area contributed by atoms with Crippen LogP contribution in [0.2, 0.25) is 0 Å². The Kier molecular flexibility index (Phi) is 24.0. The number of hydrogen-bond donors (Lipinski definition) is 1. The highest BCUT2D eigenvalue weighted by molar-refractivity contribution is 5.87. The average molecular weight is 397 g/mol. The van der Waals surface area contributed by atoms with E-state index in [0.717, 1.165) is 12.8 Å². The van der Waals surface area contributed by atoms with Gasteiger partial charge < -0.3 is 9.84 Å². The van der Waals surface area contributed by atoms with Crippen molar-refractivity contribution in [1.29, 1.82) is 0 Å². The number of ether oxygens (including phenoxy) is 1. The quantitative estimate of drug-likeness (QED) is 0.122. The van der Waals surface area contributed by atoms with Gasteiger partial charge in [-0.2, -0.15) is 0 Å². The van der Waals surface area contributed by atoms with Crippen LogP contribution in [0.15, 0.2) is 24.3 Å². The summed E-state index contributed by atoms with van der Waals surface area (Å²) in [6.45, 7) is 7.59. The SMILES string of the molecule is C=C(CC)C(=O)OC.CCCCCCCC/C=C\CCCCCCCC(=O)O. The maximum atomic E-state index is 10.4. The third kappa shape index (κ3) is 24.4. The normalized spacial score (nSPS) is 10.4. The number of carboxylic acids is 1. The minimum Gasteiger partial charge on any atom is -0.481 e. The molecule has 0 aromatic rings. The van der Waals surface area contributed by atoms with Crippen LogP contribution in [0.1, 0.15) is 110 Å². The zero-order valence-electron chi connectivity index (χ0n) is 18.6. The molecule has 28 heavy (non-hydrogen) atoms. The molecule has 0 saturated heterocycles. The zero-order chi connectivity index (χ0) is 21.5. The van der Waals surface area contributed by atoms with Gasteiger partial charge in [-0.3, -0.25) is 4.79 Å². The molecule has 164 valence electrons. The molecule has 0 heterocycles. The molecule has 4 heteroatoms. The summed E-state index contributed by atoms with van der Waals surface area (Å²) in [6, 6.07) is 0. The summed E-state index contributed by atoms with van der Waals surface area (Å²) in [7, 11) is 1.35. The Labute approximate surface area is 173 Å². The zero-order valence-corrected chi connectivity index (χ0v) is 18.6. The van der Waals surface area contributed by atoms with Crippen molar-refractivity contribution < 1.29 is 19.4 Å². The van der Waals surface area contributed by atoms with Gasteiger partial charge in [-0.1, -0.05) is 83.9 Å². The monoisotopic (exact) mass is 396 g/mol. The van der Waals surface area contributed by atoms with E-state index < -0.39 is 5.97 Å². The van der Waals surface area contributed by atoms with Crippen LogP contribution in [-0.2, 0) is 14.3 Å². The predicted octanol–water partition coefficient (Wildman–Crippen LogP) is 7.23. The van der Waals surface area contributed by atoms with Crippen LogP contribution in [0.3, 0.4) is 0 Å². The third-order valence-electron chi connectivity index (χ3n) is 4.55.